The highest BCUT2D eigenvalue weighted by Crippen LogP contribution is 2.43. The molecule has 0 spiro atoms. The summed E-state index contributed by atoms with van der Waals surface area (Å²) < 4.78 is 7.76. The van der Waals surface area contributed by atoms with Gasteiger partial charge in [-0.25, -0.2) is 9.67 Å². The van der Waals surface area contributed by atoms with E-state index in [1.54, 1.807) is 0 Å². The van der Waals surface area contributed by atoms with Gasteiger partial charge in [-0.1, -0.05) is 18.0 Å². The van der Waals surface area contributed by atoms with Gasteiger partial charge in [-0.05, 0) is 59.4 Å². The highest BCUT2D eigenvalue weighted by Gasteiger charge is 2.37. The third-order valence-corrected chi connectivity index (χ3v) is 6.06. The molecule has 2 N–H and O–H groups in total. The molecule has 0 unspecified atom stereocenters. The van der Waals surface area contributed by atoms with E-state index in [-0.39, 0.29) is 5.54 Å². The zero-order valence-electron chi connectivity index (χ0n) is 17.1. The molecule has 2 fully saturated rings. The lowest BCUT2D eigenvalue weighted by Crippen LogP contribution is -2.34. The molecule has 148 valence electrons. The summed E-state index contributed by atoms with van der Waals surface area (Å²) in [6.07, 6.45) is 6.41. The van der Waals surface area contributed by atoms with Crippen LogP contribution in [0.2, 0.25) is 0 Å². The summed E-state index contributed by atoms with van der Waals surface area (Å²) in [6, 6.07) is 2.12. The topological polar surface area (TPSA) is 95.7 Å². The van der Waals surface area contributed by atoms with Crippen molar-refractivity contribution in [1.82, 2.24) is 24.9 Å². The van der Waals surface area contributed by atoms with Crippen LogP contribution in [-0.2, 0) is 11.1 Å². The van der Waals surface area contributed by atoms with Crippen molar-refractivity contribution in [2.45, 2.75) is 83.2 Å². The molecule has 0 saturated heterocycles. The zero-order valence-corrected chi connectivity index (χ0v) is 17.1. The summed E-state index contributed by atoms with van der Waals surface area (Å²) in [4.78, 5) is 9.74. The first-order valence-electron chi connectivity index (χ1n) is 10.3. The maximum atomic E-state index is 6.55. The lowest BCUT2D eigenvalue weighted by atomic mass is 9.98. The molecule has 0 aliphatic heterocycles. The average Bonchev–Trinajstić information content (AvgIpc) is 3.03. The standard InChI is InChI=1S/C21H28N6O/c1-12-16-14(18-24-19(26-28-18)21(22)9-5-6-10-21)11-15(13-7-8-13)23-17(16)27(25-12)20(2,3)4/h11,13H,5-10,22H2,1-4H3. The number of pyridine rings is 1. The van der Waals surface area contributed by atoms with Crippen molar-refractivity contribution in [1.29, 1.82) is 0 Å². The second kappa shape index (κ2) is 5.86. The molecule has 3 aromatic heterocycles. The monoisotopic (exact) mass is 380 g/mol. The van der Waals surface area contributed by atoms with E-state index in [9.17, 15) is 0 Å². The van der Waals surface area contributed by atoms with Crippen LogP contribution < -0.4 is 5.73 Å². The van der Waals surface area contributed by atoms with Crippen LogP contribution in [0.4, 0.5) is 0 Å². The van der Waals surface area contributed by atoms with Gasteiger partial charge in [-0.15, -0.1) is 0 Å². The van der Waals surface area contributed by atoms with Crippen LogP contribution in [0.1, 0.15) is 82.4 Å². The summed E-state index contributed by atoms with van der Waals surface area (Å²) in [5.74, 6) is 1.67. The molecule has 0 atom stereocenters. The van der Waals surface area contributed by atoms with E-state index in [2.05, 4.69) is 32.0 Å². The molecule has 2 saturated carbocycles. The summed E-state index contributed by atoms with van der Waals surface area (Å²) in [7, 11) is 0. The summed E-state index contributed by atoms with van der Waals surface area (Å²) >= 11 is 0. The predicted molar refractivity (Wildman–Crippen MR) is 107 cm³/mol. The van der Waals surface area contributed by atoms with E-state index in [0.717, 1.165) is 53.7 Å². The van der Waals surface area contributed by atoms with Crippen LogP contribution >= 0.6 is 0 Å². The number of nitrogens with two attached hydrogens (primary N) is 1. The summed E-state index contributed by atoms with van der Waals surface area (Å²) in [6.45, 7) is 8.46. The molecule has 0 aromatic carbocycles. The lowest BCUT2D eigenvalue weighted by Gasteiger charge is -2.20. The van der Waals surface area contributed by atoms with Crippen molar-refractivity contribution in [3.8, 4) is 11.5 Å². The maximum absolute atomic E-state index is 6.55. The van der Waals surface area contributed by atoms with Crippen molar-refractivity contribution < 1.29 is 4.52 Å². The number of aromatic nitrogens is 5. The number of nitrogens with zero attached hydrogens (tertiary/aromatic N) is 5. The molecule has 2 aliphatic carbocycles. The highest BCUT2D eigenvalue weighted by molar-refractivity contribution is 5.93. The number of rotatable bonds is 3. The summed E-state index contributed by atoms with van der Waals surface area (Å²) in [5, 5.41) is 10.1. The maximum Gasteiger partial charge on any atom is 0.258 e. The first-order chi connectivity index (χ1) is 13.3. The molecule has 5 rings (SSSR count). The van der Waals surface area contributed by atoms with Gasteiger partial charge in [0.1, 0.15) is 0 Å². The fourth-order valence-electron chi connectivity index (χ4n) is 4.30. The van der Waals surface area contributed by atoms with E-state index >= 15 is 0 Å². The Bertz CT molecular complexity index is 1050. The predicted octanol–water partition coefficient (Wildman–Crippen LogP) is 4.15. The van der Waals surface area contributed by atoms with Gasteiger partial charge in [0.2, 0.25) is 0 Å². The van der Waals surface area contributed by atoms with Crippen molar-refractivity contribution in [3.05, 3.63) is 23.3 Å². The molecule has 7 heteroatoms. The smallest absolute Gasteiger partial charge is 0.258 e. The first-order valence-corrected chi connectivity index (χ1v) is 10.3. The number of hydrogen-bond donors (Lipinski definition) is 1. The van der Waals surface area contributed by atoms with Gasteiger partial charge < -0.3 is 10.3 Å². The molecule has 2 aliphatic rings. The van der Waals surface area contributed by atoms with Gasteiger partial charge in [0, 0.05) is 11.6 Å². The molecular formula is C21H28N6O. The molecular weight excluding hydrogens is 352 g/mol. The SMILES string of the molecule is Cc1nn(C(C)(C)C)c2nc(C3CC3)cc(-c3nc(C4(N)CCCC4)no3)c12. The van der Waals surface area contributed by atoms with Crippen molar-refractivity contribution >= 4 is 11.0 Å². The second-order valence-corrected chi connectivity index (χ2v) is 9.52. The van der Waals surface area contributed by atoms with E-state index in [0.29, 0.717) is 17.6 Å². The van der Waals surface area contributed by atoms with Gasteiger partial charge in [-0.3, -0.25) is 0 Å². The van der Waals surface area contributed by atoms with Crippen LogP contribution in [0.15, 0.2) is 10.6 Å². The van der Waals surface area contributed by atoms with Gasteiger partial charge in [0.05, 0.1) is 27.7 Å². The van der Waals surface area contributed by atoms with E-state index < -0.39 is 5.54 Å². The fourth-order valence-corrected chi connectivity index (χ4v) is 4.30. The Morgan fingerprint density at radius 3 is 2.54 bits per heavy atom. The second-order valence-electron chi connectivity index (χ2n) is 9.52. The van der Waals surface area contributed by atoms with Crippen LogP contribution in [0.25, 0.3) is 22.5 Å². The van der Waals surface area contributed by atoms with Crippen LogP contribution in [0.3, 0.4) is 0 Å². The van der Waals surface area contributed by atoms with Crippen LogP contribution in [-0.4, -0.2) is 24.9 Å². The Labute approximate surface area is 164 Å². The van der Waals surface area contributed by atoms with Crippen molar-refractivity contribution in [2.75, 3.05) is 0 Å². The minimum absolute atomic E-state index is 0.163. The molecule has 0 bridgehead atoms. The minimum Gasteiger partial charge on any atom is -0.334 e. The highest BCUT2D eigenvalue weighted by atomic mass is 16.5. The Kier molecular flexibility index (Phi) is 3.72. The molecule has 0 amide bonds. The van der Waals surface area contributed by atoms with Crippen molar-refractivity contribution in [3.63, 3.8) is 0 Å². The Morgan fingerprint density at radius 1 is 1.18 bits per heavy atom. The van der Waals surface area contributed by atoms with Gasteiger partial charge in [0.25, 0.3) is 5.89 Å². The quantitative estimate of drug-likeness (QED) is 0.733. The van der Waals surface area contributed by atoms with Gasteiger partial charge in [-0.2, -0.15) is 10.1 Å². The average molecular weight is 380 g/mol. The number of fused-ring (bicyclic) bond motifs is 1. The minimum atomic E-state index is -0.460. The number of aryl methyl sites for hydroxylation is 1. The summed E-state index contributed by atoms with van der Waals surface area (Å²) in [5.41, 5.74) is 9.78. The Balaban J connectivity index is 1.71. The van der Waals surface area contributed by atoms with E-state index in [4.69, 9.17) is 25.3 Å². The van der Waals surface area contributed by atoms with Crippen LogP contribution in [0, 0.1) is 6.92 Å². The third-order valence-electron chi connectivity index (χ3n) is 6.06. The molecule has 3 aromatic rings. The normalized spacial score (nSPS) is 19.6. The fraction of sp³-hybridized carbons (Fsp3) is 0.619. The molecule has 3 heterocycles. The van der Waals surface area contributed by atoms with Gasteiger partial charge >= 0.3 is 0 Å². The van der Waals surface area contributed by atoms with Crippen molar-refractivity contribution in [2.24, 2.45) is 5.73 Å². The Morgan fingerprint density at radius 2 is 1.89 bits per heavy atom. The van der Waals surface area contributed by atoms with E-state index in [1.165, 1.54) is 12.8 Å². The van der Waals surface area contributed by atoms with Crippen LogP contribution in [0.5, 0.6) is 0 Å². The molecule has 28 heavy (non-hydrogen) atoms. The van der Waals surface area contributed by atoms with Gasteiger partial charge in [0.15, 0.2) is 11.5 Å². The Hall–Kier alpha value is -2.28. The number of hydrogen-bond acceptors (Lipinski definition) is 6. The third kappa shape index (κ3) is 2.75. The first kappa shape index (κ1) is 17.8. The van der Waals surface area contributed by atoms with E-state index in [1.807, 2.05) is 11.6 Å². The largest absolute Gasteiger partial charge is 0.334 e. The lowest BCUT2D eigenvalue weighted by molar-refractivity contribution is 0.364. The molecule has 7 nitrogen and oxygen atoms in total. The zero-order chi connectivity index (χ0) is 19.7. The molecule has 0 radical (unpaired) electrons.